The van der Waals surface area contributed by atoms with E-state index in [1.54, 1.807) is 12.1 Å². The quantitative estimate of drug-likeness (QED) is 0.850. The van der Waals surface area contributed by atoms with Gasteiger partial charge in [-0.2, -0.15) is 0 Å². The highest BCUT2D eigenvalue weighted by Crippen LogP contribution is 2.06. The Morgan fingerprint density at radius 1 is 1.00 bits per heavy atom. The van der Waals surface area contributed by atoms with E-state index >= 15 is 0 Å². The van der Waals surface area contributed by atoms with Crippen molar-refractivity contribution in [3.63, 3.8) is 0 Å². The van der Waals surface area contributed by atoms with Gasteiger partial charge in [-0.15, -0.1) is 0 Å². The number of nitrogens with two attached hydrogens (primary N) is 1. The van der Waals surface area contributed by atoms with Crippen LogP contribution in [0.3, 0.4) is 0 Å². The van der Waals surface area contributed by atoms with E-state index in [0.717, 1.165) is 11.1 Å². The highest BCUT2D eigenvalue weighted by molar-refractivity contribution is 5.87. The lowest BCUT2D eigenvalue weighted by Crippen LogP contribution is -2.46. The number of primary amides is 1. The Bertz CT molecular complexity index is 641. The third-order valence-electron chi connectivity index (χ3n) is 3.24. The molecule has 2 aromatic rings. The lowest BCUT2D eigenvalue weighted by Gasteiger charge is -2.15. The van der Waals surface area contributed by atoms with Crippen molar-refractivity contribution in [1.29, 1.82) is 0 Å². The predicted molar refractivity (Wildman–Crippen MR) is 81.4 cm³/mol. The number of amides is 2. The number of nitrogens with one attached hydrogen (secondary N) is 1. The lowest BCUT2D eigenvalue weighted by molar-refractivity contribution is -0.127. The normalized spacial score (nSPS) is 11.7. The first-order valence-corrected chi connectivity index (χ1v) is 6.91. The van der Waals surface area contributed by atoms with Crippen LogP contribution in [0.25, 0.3) is 0 Å². The van der Waals surface area contributed by atoms with Crippen LogP contribution in [0.1, 0.15) is 11.1 Å². The maximum Gasteiger partial charge on any atom is 0.240 e. The van der Waals surface area contributed by atoms with E-state index in [4.69, 9.17) is 5.73 Å². The van der Waals surface area contributed by atoms with Gasteiger partial charge < -0.3 is 11.1 Å². The fourth-order valence-electron chi connectivity index (χ4n) is 2.11. The van der Waals surface area contributed by atoms with Gasteiger partial charge in [-0.25, -0.2) is 4.39 Å². The van der Waals surface area contributed by atoms with Crippen molar-refractivity contribution in [2.75, 3.05) is 0 Å². The van der Waals surface area contributed by atoms with Crippen LogP contribution in [0.5, 0.6) is 0 Å². The number of rotatable bonds is 6. The molecule has 1 atom stereocenters. The third kappa shape index (κ3) is 4.70. The first-order valence-electron chi connectivity index (χ1n) is 6.91. The molecule has 0 radical (unpaired) electrons. The minimum Gasteiger partial charge on any atom is -0.368 e. The fourth-order valence-corrected chi connectivity index (χ4v) is 2.11. The Labute approximate surface area is 128 Å². The number of halogens is 1. The highest BCUT2D eigenvalue weighted by Gasteiger charge is 2.18. The summed E-state index contributed by atoms with van der Waals surface area (Å²) in [5, 5.41) is 2.62. The second kappa shape index (κ2) is 7.36. The zero-order chi connectivity index (χ0) is 15.9. The molecule has 2 amide bonds. The summed E-state index contributed by atoms with van der Waals surface area (Å²) in [5.41, 5.74) is 6.91. The number of carbonyl (C=O) groups excluding carboxylic acids is 2. The Balaban J connectivity index is 1.98. The number of hydrogen-bond donors (Lipinski definition) is 2. The van der Waals surface area contributed by atoms with Crippen LogP contribution >= 0.6 is 0 Å². The molecular formula is C17H17FN2O2. The molecule has 22 heavy (non-hydrogen) atoms. The molecule has 0 fully saturated rings. The van der Waals surface area contributed by atoms with Gasteiger partial charge in [-0.3, -0.25) is 9.59 Å². The first kappa shape index (κ1) is 15.7. The van der Waals surface area contributed by atoms with Gasteiger partial charge in [-0.05, 0) is 23.3 Å². The van der Waals surface area contributed by atoms with Gasteiger partial charge in [0.15, 0.2) is 0 Å². The van der Waals surface area contributed by atoms with Crippen LogP contribution in [-0.2, 0) is 22.4 Å². The highest BCUT2D eigenvalue weighted by atomic mass is 19.1. The molecule has 3 N–H and O–H groups in total. The standard InChI is InChI=1S/C17H17FN2O2/c18-14-8-6-13(7-9-14)10-15(17(19)22)20-16(21)11-12-4-2-1-3-5-12/h1-9,15H,10-11H2,(H2,19,22)(H,20,21)/t15-/m1/s1. The second-order valence-corrected chi connectivity index (χ2v) is 5.02. The van der Waals surface area contributed by atoms with Gasteiger partial charge in [0.1, 0.15) is 11.9 Å². The van der Waals surface area contributed by atoms with Gasteiger partial charge in [0.2, 0.25) is 11.8 Å². The van der Waals surface area contributed by atoms with Gasteiger partial charge in [0.25, 0.3) is 0 Å². The van der Waals surface area contributed by atoms with Crippen LogP contribution in [-0.4, -0.2) is 17.9 Å². The summed E-state index contributed by atoms with van der Waals surface area (Å²) in [7, 11) is 0. The van der Waals surface area contributed by atoms with Crippen molar-refractivity contribution < 1.29 is 14.0 Å². The van der Waals surface area contributed by atoms with Gasteiger partial charge in [0, 0.05) is 6.42 Å². The molecule has 114 valence electrons. The minimum absolute atomic E-state index is 0.175. The maximum absolute atomic E-state index is 12.9. The smallest absolute Gasteiger partial charge is 0.240 e. The van der Waals surface area contributed by atoms with E-state index < -0.39 is 11.9 Å². The summed E-state index contributed by atoms with van der Waals surface area (Å²) >= 11 is 0. The molecule has 2 aromatic carbocycles. The molecule has 0 spiro atoms. The van der Waals surface area contributed by atoms with E-state index in [1.165, 1.54) is 12.1 Å². The molecule has 0 bridgehead atoms. The summed E-state index contributed by atoms with van der Waals surface area (Å²) in [4.78, 5) is 23.5. The van der Waals surface area contributed by atoms with Crippen molar-refractivity contribution in [1.82, 2.24) is 5.32 Å². The summed E-state index contributed by atoms with van der Waals surface area (Å²) in [6, 6.07) is 14.1. The molecule has 5 heteroatoms. The molecule has 4 nitrogen and oxygen atoms in total. The fraction of sp³-hybridized carbons (Fsp3) is 0.176. The summed E-state index contributed by atoms with van der Waals surface area (Å²) < 4.78 is 12.9. The lowest BCUT2D eigenvalue weighted by atomic mass is 10.0. The molecule has 0 unspecified atom stereocenters. The molecule has 0 aromatic heterocycles. The topological polar surface area (TPSA) is 72.2 Å². The Morgan fingerprint density at radius 2 is 1.64 bits per heavy atom. The molecule has 2 rings (SSSR count). The van der Waals surface area contributed by atoms with E-state index in [9.17, 15) is 14.0 Å². The molecule has 0 aliphatic heterocycles. The largest absolute Gasteiger partial charge is 0.368 e. The summed E-state index contributed by atoms with van der Waals surface area (Å²) in [6.45, 7) is 0. The van der Waals surface area contributed by atoms with Crippen LogP contribution in [0, 0.1) is 5.82 Å². The molecule has 0 heterocycles. The van der Waals surface area contributed by atoms with Crippen LogP contribution in [0.15, 0.2) is 54.6 Å². The molecule has 0 saturated carbocycles. The molecule has 0 aliphatic rings. The monoisotopic (exact) mass is 300 g/mol. The van der Waals surface area contributed by atoms with E-state index in [-0.39, 0.29) is 24.6 Å². The third-order valence-corrected chi connectivity index (χ3v) is 3.24. The second-order valence-electron chi connectivity index (χ2n) is 5.02. The Kier molecular flexibility index (Phi) is 5.25. The number of hydrogen-bond acceptors (Lipinski definition) is 2. The van der Waals surface area contributed by atoms with Crippen molar-refractivity contribution in [2.24, 2.45) is 5.73 Å². The predicted octanol–water partition coefficient (Wildman–Crippen LogP) is 1.58. The van der Waals surface area contributed by atoms with E-state index in [2.05, 4.69) is 5.32 Å². The van der Waals surface area contributed by atoms with Gasteiger partial charge in [-0.1, -0.05) is 42.5 Å². The molecular weight excluding hydrogens is 283 g/mol. The minimum atomic E-state index is -0.818. The van der Waals surface area contributed by atoms with Crippen LogP contribution < -0.4 is 11.1 Å². The SMILES string of the molecule is NC(=O)[C@@H](Cc1ccc(F)cc1)NC(=O)Cc1ccccc1. The number of benzene rings is 2. The van der Waals surface area contributed by atoms with Crippen LogP contribution in [0.2, 0.25) is 0 Å². The first-order chi connectivity index (χ1) is 10.5. The van der Waals surface area contributed by atoms with Gasteiger partial charge in [0.05, 0.1) is 6.42 Å². The zero-order valence-corrected chi connectivity index (χ0v) is 12.0. The molecule has 0 aliphatic carbocycles. The summed E-state index contributed by atoms with van der Waals surface area (Å²) in [5.74, 6) is -1.25. The van der Waals surface area contributed by atoms with Crippen molar-refractivity contribution >= 4 is 11.8 Å². The summed E-state index contributed by atoms with van der Waals surface area (Å²) in [6.07, 6.45) is 0.407. The van der Waals surface area contributed by atoms with Crippen molar-refractivity contribution in [3.05, 3.63) is 71.5 Å². The molecule has 0 saturated heterocycles. The zero-order valence-electron chi connectivity index (χ0n) is 12.0. The van der Waals surface area contributed by atoms with Crippen molar-refractivity contribution in [2.45, 2.75) is 18.9 Å². The van der Waals surface area contributed by atoms with Crippen LogP contribution in [0.4, 0.5) is 4.39 Å². The maximum atomic E-state index is 12.9. The number of carbonyl (C=O) groups is 2. The Morgan fingerprint density at radius 3 is 2.23 bits per heavy atom. The van der Waals surface area contributed by atoms with Gasteiger partial charge >= 0.3 is 0 Å². The Hall–Kier alpha value is -2.69. The van der Waals surface area contributed by atoms with Crippen molar-refractivity contribution in [3.8, 4) is 0 Å². The average Bonchev–Trinajstić information content (AvgIpc) is 2.49. The van der Waals surface area contributed by atoms with E-state index in [1.807, 2.05) is 30.3 Å². The van der Waals surface area contributed by atoms with E-state index in [0.29, 0.717) is 0 Å². The average molecular weight is 300 g/mol.